The van der Waals surface area contributed by atoms with Crippen molar-refractivity contribution in [3.05, 3.63) is 23.2 Å². The number of carbonyl (C=O) groups excluding carboxylic acids is 1. The van der Waals surface area contributed by atoms with Gasteiger partial charge in [0.1, 0.15) is 5.76 Å². The van der Waals surface area contributed by atoms with E-state index in [1.54, 1.807) is 0 Å². The fourth-order valence-electron chi connectivity index (χ4n) is 2.35. The molecule has 5 nitrogen and oxygen atoms in total. The summed E-state index contributed by atoms with van der Waals surface area (Å²) in [7, 11) is 1.34. The normalized spacial score (nSPS) is 18.4. The van der Waals surface area contributed by atoms with Crippen LogP contribution in [0.5, 0.6) is 0 Å². The second kappa shape index (κ2) is 4.98. The van der Waals surface area contributed by atoms with Crippen molar-refractivity contribution < 1.29 is 19.1 Å². The van der Waals surface area contributed by atoms with Gasteiger partial charge in [0.25, 0.3) is 0 Å². The number of aliphatic hydroxyl groups is 1. The summed E-state index contributed by atoms with van der Waals surface area (Å²) in [6, 6.07) is 1.85. The molecule has 0 aromatic carbocycles. The van der Waals surface area contributed by atoms with Gasteiger partial charge in [-0.05, 0) is 18.9 Å². The van der Waals surface area contributed by atoms with Crippen molar-refractivity contribution in [3.63, 3.8) is 0 Å². The number of nitrogens with zero attached hydrogens (tertiary/aromatic N) is 1. The zero-order chi connectivity index (χ0) is 14.2. The number of furan rings is 1. The van der Waals surface area contributed by atoms with Crippen LogP contribution in [0.2, 0.25) is 0 Å². The van der Waals surface area contributed by atoms with E-state index in [9.17, 15) is 9.90 Å². The van der Waals surface area contributed by atoms with E-state index < -0.39 is 11.6 Å². The van der Waals surface area contributed by atoms with Crippen molar-refractivity contribution in [3.8, 4) is 0 Å². The fraction of sp³-hybridized carbons (Fsp3) is 0.643. The Bertz CT molecular complexity index is 472. The number of esters is 1. The predicted molar refractivity (Wildman–Crippen MR) is 69.8 cm³/mol. The minimum atomic E-state index is -0.590. The summed E-state index contributed by atoms with van der Waals surface area (Å²) in [5.41, 5.74) is 0.189. The largest absolute Gasteiger partial charge is 0.463 e. The van der Waals surface area contributed by atoms with Gasteiger partial charge in [-0.25, -0.2) is 4.79 Å². The van der Waals surface area contributed by atoms with Crippen molar-refractivity contribution in [2.45, 2.75) is 32.9 Å². The van der Waals surface area contributed by atoms with Crippen LogP contribution in [0, 0.1) is 12.8 Å². The first-order valence-corrected chi connectivity index (χ1v) is 6.48. The molecule has 0 bridgehead atoms. The van der Waals surface area contributed by atoms with Gasteiger partial charge in [0, 0.05) is 18.7 Å². The summed E-state index contributed by atoms with van der Waals surface area (Å²) in [4.78, 5) is 13.5. The van der Waals surface area contributed by atoms with E-state index in [4.69, 9.17) is 4.42 Å². The molecule has 1 aromatic heterocycles. The van der Waals surface area contributed by atoms with Crippen LogP contribution in [0.3, 0.4) is 0 Å². The van der Waals surface area contributed by atoms with E-state index in [0.29, 0.717) is 19.6 Å². The standard InChI is InChI=1S/C14H21NO4/c1-9(2)14(17)7-15(8-14)6-11-5-10(3)12(19-11)13(16)18-4/h5,9,17H,6-8H2,1-4H3. The van der Waals surface area contributed by atoms with Gasteiger partial charge in [0.2, 0.25) is 5.76 Å². The highest BCUT2D eigenvalue weighted by atomic mass is 16.5. The van der Waals surface area contributed by atoms with Crippen molar-refractivity contribution in [2.75, 3.05) is 20.2 Å². The molecule has 1 aromatic rings. The van der Waals surface area contributed by atoms with E-state index >= 15 is 0 Å². The molecule has 0 spiro atoms. The lowest BCUT2D eigenvalue weighted by Crippen LogP contribution is -2.63. The highest BCUT2D eigenvalue weighted by molar-refractivity contribution is 5.87. The maximum Gasteiger partial charge on any atom is 0.374 e. The van der Waals surface area contributed by atoms with Gasteiger partial charge >= 0.3 is 5.97 Å². The van der Waals surface area contributed by atoms with Crippen LogP contribution < -0.4 is 0 Å². The number of ether oxygens (including phenoxy) is 1. The number of carbonyl (C=O) groups is 1. The second-order valence-corrected chi connectivity index (χ2v) is 5.62. The summed E-state index contributed by atoms with van der Waals surface area (Å²) in [6.45, 7) is 7.73. The molecular weight excluding hydrogens is 246 g/mol. The van der Waals surface area contributed by atoms with Crippen molar-refractivity contribution in [1.82, 2.24) is 4.90 Å². The van der Waals surface area contributed by atoms with E-state index in [0.717, 1.165) is 11.3 Å². The first-order valence-electron chi connectivity index (χ1n) is 6.48. The molecule has 1 N–H and O–H groups in total. The fourth-order valence-corrected chi connectivity index (χ4v) is 2.35. The Kier molecular flexibility index (Phi) is 3.69. The van der Waals surface area contributed by atoms with Crippen molar-refractivity contribution >= 4 is 5.97 Å². The summed E-state index contributed by atoms with van der Waals surface area (Å²) >= 11 is 0. The molecule has 1 saturated heterocycles. The maximum absolute atomic E-state index is 11.4. The van der Waals surface area contributed by atoms with E-state index in [-0.39, 0.29) is 11.7 Å². The van der Waals surface area contributed by atoms with Crippen LogP contribution in [0.15, 0.2) is 10.5 Å². The van der Waals surface area contributed by atoms with Gasteiger partial charge in [-0.1, -0.05) is 13.8 Å². The summed E-state index contributed by atoms with van der Waals surface area (Å²) in [5, 5.41) is 10.2. The highest BCUT2D eigenvalue weighted by Gasteiger charge is 2.43. The molecule has 1 fully saturated rings. The second-order valence-electron chi connectivity index (χ2n) is 5.62. The molecule has 0 amide bonds. The highest BCUT2D eigenvalue weighted by Crippen LogP contribution is 2.30. The summed E-state index contributed by atoms with van der Waals surface area (Å²) in [6.07, 6.45) is 0. The molecule has 2 heterocycles. The molecule has 106 valence electrons. The Balaban J connectivity index is 1.97. The lowest BCUT2D eigenvalue weighted by atomic mass is 9.83. The van der Waals surface area contributed by atoms with Gasteiger partial charge in [0.15, 0.2) is 0 Å². The number of aryl methyl sites for hydroxylation is 1. The zero-order valence-electron chi connectivity index (χ0n) is 11.9. The average Bonchev–Trinajstić information content (AvgIpc) is 2.67. The first kappa shape index (κ1) is 14.1. The van der Waals surface area contributed by atoms with Crippen LogP contribution in [0.1, 0.15) is 35.7 Å². The molecule has 19 heavy (non-hydrogen) atoms. The minimum Gasteiger partial charge on any atom is -0.463 e. The molecule has 1 aliphatic heterocycles. The summed E-state index contributed by atoms with van der Waals surface area (Å²) < 4.78 is 10.2. The Morgan fingerprint density at radius 1 is 1.58 bits per heavy atom. The molecule has 2 rings (SSSR count). The Hall–Kier alpha value is -1.33. The molecule has 0 saturated carbocycles. The number of methoxy groups -OCH3 is 1. The van der Waals surface area contributed by atoms with Crippen LogP contribution in [0.4, 0.5) is 0 Å². The first-order chi connectivity index (χ1) is 8.85. The van der Waals surface area contributed by atoms with Crippen LogP contribution >= 0.6 is 0 Å². The SMILES string of the molecule is COC(=O)c1oc(CN2CC(O)(C(C)C)C2)cc1C. The van der Waals surface area contributed by atoms with Gasteiger partial charge in [-0.2, -0.15) is 0 Å². The molecule has 1 aliphatic rings. The number of hydrogen-bond acceptors (Lipinski definition) is 5. The quantitative estimate of drug-likeness (QED) is 0.839. The van der Waals surface area contributed by atoms with Gasteiger partial charge in [-0.15, -0.1) is 0 Å². The minimum absolute atomic E-state index is 0.243. The predicted octanol–water partition coefficient (Wildman–Crippen LogP) is 1.58. The molecular formula is C14H21NO4. The number of likely N-dealkylation sites (tertiary alicyclic amines) is 1. The number of hydrogen-bond donors (Lipinski definition) is 1. The molecule has 0 atom stereocenters. The molecule has 5 heteroatoms. The zero-order valence-corrected chi connectivity index (χ0v) is 11.9. The van der Waals surface area contributed by atoms with E-state index in [1.807, 2.05) is 26.8 Å². The number of β-amino-alcohol motifs (C(OH)–C–C–N with tert-alkyl or cyclic N) is 1. The smallest absolute Gasteiger partial charge is 0.374 e. The Labute approximate surface area is 113 Å². The van der Waals surface area contributed by atoms with Crippen LogP contribution in [-0.2, 0) is 11.3 Å². The topological polar surface area (TPSA) is 62.9 Å². The molecule has 0 unspecified atom stereocenters. The molecule has 0 radical (unpaired) electrons. The van der Waals surface area contributed by atoms with Gasteiger partial charge in [-0.3, -0.25) is 4.90 Å². The third-order valence-corrected chi connectivity index (χ3v) is 3.79. The maximum atomic E-state index is 11.4. The molecule has 0 aliphatic carbocycles. The third-order valence-electron chi connectivity index (χ3n) is 3.79. The lowest BCUT2D eigenvalue weighted by Gasteiger charge is -2.48. The van der Waals surface area contributed by atoms with Crippen molar-refractivity contribution in [1.29, 1.82) is 0 Å². The Morgan fingerprint density at radius 2 is 2.21 bits per heavy atom. The third kappa shape index (κ3) is 2.67. The monoisotopic (exact) mass is 267 g/mol. The Morgan fingerprint density at radius 3 is 2.74 bits per heavy atom. The van der Waals surface area contributed by atoms with Crippen LogP contribution in [0.25, 0.3) is 0 Å². The number of rotatable bonds is 4. The van der Waals surface area contributed by atoms with E-state index in [1.165, 1.54) is 7.11 Å². The van der Waals surface area contributed by atoms with E-state index in [2.05, 4.69) is 9.64 Å². The van der Waals surface area contributed by atoms with Gasteiger partial charge in [0.05, 0.1) is 19.3 Å². The van der Waals surface area contributed by atoms with Crippen molar-refractivity contribution in [2.24, 2.45) is 5.92 Å². The summed E-state index contributed by atoms with van der Waals surface area (Å²) in [5.74, 6) is 0.777. The van der Waals surface area contributed by atoms with Crippen LogP contribution in [-0.4, -0.2) is 41.8 Å². The lowest BCUT2D eigenvalue weighted by molar-refractivity contribution is -0.132. The van der Waals surface area contributed by atoms with Gasteiger partial charge < -0.3 is 14.3 Å². The average molecular weight is 267 g/mol.